The molecule has 1 heterocycles. The van der Waals surface area contributed by atoms with Crippen LogP contribution in [0.5, 0.6) is 11.5 Å². The number of aliphatic carboxylic acids is 1. The van der Waals surface area contributed by atoms with Crippen LogP contribution in [-0.2, 0) is 14.3 Å². The van der Waals surface area contributed by atoms with Crippen LogP contribution in [0, 0.1) is 0 Å². The van der Waals surface area contributed by atoms with Crippen molar-refractivity contribution in [1.29, 1.82) is 0 Å². The molecule has 6 nitrogen and oxygen atoms in total. The predicted octanol–water partition coefficient (Wildman–Crippen LogP) is 2.92. The molecule has 8 heteroatoms. The van der Waals surface area contributed by atoms with Crippen molar-refractivity contribution in [2.75, 3.05) is 6.61 Å². The third-order valence-corrected chi connectivity index (χ3v) is 4.63. The highest BCUT2D eigenvalue weighted by Gasteiger charge is 2.50. The van der Waals surface area contributed by atoms with Gasteiger partial charge in [-0.1, -0.05) is 12.1 Å². The largest absolute Gasteiger partial charge is 0.477 e. The average molecular weight is 426 g/mol. The van der Waals surface area contributed by atoms with Crippen molar-refractivity contribution in [2.24, 2.45) is 0 Å². The van der Waals surface area contributed by atoms with Gasteiger partial charge in [-0.3, -0.25) is 4.79 Å². The highest BCUT2D eigenvalue weighted by atomic mass is 79.9. The number of esters is 1. The molecule has 116 valence electrons. The normalized spacial score (nSPS) is 22.6. The van der Waals surface area contributed by atoms with Crippen molar-refractivity contribution in [3.8, 4) is 11.5 Å². The maximum atomic E-state index is 11.0. The van der Waals surface area contributed by atoms with Gasteiger partial charge in [0.25, 0.3) is 0 Å². The van der Waals surface area contributed by atoms with E-state index in [2.05, 4.69) is 36.6 Å². The second-order valence-corrected chi connectivity index (χ2v) is 5.87. The van der Waals surface area contributed by atoms with Crippen molar-refractivity contribution in [2.45, 2.75) is 23.4 Å². The number of ether oxygens (including phenoxy) is 3. The molecule has 2 unspecified atom stereocenters. The Morgan fingerprint density at radius 1 is 1.38 bits per heavy atom. The molecule has 0 amide bonds. The van der Waals surface area contributed by atoms with Crippen LogP contribution in [0.25, 0.3) is 0 Å². The number of carboxylic acids is 1. The van der Waals surface area contributed by atoms with E-state index in [1.165, 1.54) is 6.92 Å². The standard InChI is InChI=1S/C9H6Br2O4.C4H8O2/c10-7-9(11,8(12)13)15-6-4-2-1-3-5(6)14-7;1-3-6-4(2)5/h1-4,7H,(H,12,13);3H2,1-2H3. The van der Waals surface area contributed by atoms with E-state index in [4.69, 9.17) is 14.6 Å². The number of carboxylic acid groups (broad SMARTS) is 1. The Labute approximate surface area is 138 Å². The number of hydrogen-bond acceptors (Lipinski definition) is 5. The molecule has 0 aliphatic carbocycles. The fourth-order valence-corrected chi connectivity index (χ4v) is 2.13. The van der Waals surface area contributed by atoms with Crippen LogP contribution in [0.3, 0.4) is 0 Å². The second-order valence-electron chi connectivity index (χ2n) is 3.86. The lowest BCUT2D eigenvalue weighted by Crippen LogP contribution is -2.51. The number of alkyl halides is 2. The summed E-state index contributed by atoms with van der Waals surface area (Å²) in [5.41, 5.74) is 0. The summed E-state index contributed by atoms with van der Waals surface area (Å²) < 4.78 is 13.5. The zero-order chi connectivity index (χ0) is 16.0. The highest BCUT2D eigenvalue weighted by molar-refractivity contribution is 9.12. The quantitative estimate of drug-likeness (QED) is 0.579. The maximum Gasteiger partial charge on any atom is 0.364 e. The first-order chi connectivity index (χ1) is 9.81. The summed E-state index contributed by atoms with van der Waals surface area (Å²) in [6.45, 7) is 3.65. The van der Waals surface area contributed by atoms with Crippen LogP contribution in [0.15, 0.2) is 24.3 Å². The van der Waals surface area contributed by atoms with Crippen LogP contribution in [0.4, 0.5) is 0 Å². The lowest BCUT2D eigenvalue weighted by Gasteiger charge is -2.34. The Morgan fingerprint density at radius 3 is 2.38 bits per heavy atom. The Balaban J connectivity index is 0.000000315. The fourth-order valence-electron chi connectivity index (χ4n) is 1.37. The SMILES string of the molecule is CCOC(C)=O.O=C(O)C1(Br)Oc2ccccc2OC1Br. The molecule has 21 heavy (non-hydrogen) atoms. The summed E-state index contributed by atoms with van der Waals surface area (Å²) in [4.78, 5) is 20.8. The van der Waals surface area contributed by atoms with Gasteiger partial charge in [0.05, 0.1) is 6.61 Å². The van der Waals surface area contributed by atoms with E-state index in [-0.39, 0.29) is 5.97 Å². The lowest BCUT2D eigenvalue weighted by atomic mass is 10.2. The van der Waals surface area contributed by atoms with E-state index >= 15 is 0 Å². The molecule has 0 bridgehead atoms. The van der Waals surface area contributed by atoms with Gasteiger partial charge in [-0.2, -0.15) is 0 Å². The smallest absolute Gasteiger partial charge is 0.364 e. The van der Waals surface area contributed by atoms with Crippen molar-refractivity contribution in [3.63, 3.8) is 0 Å². The van der Waals surface area contributed by atoms with Crippen LogP contribution < -0.4 is 9.47 Å². The van der Waals surface area contributed by atoms with Crippen molar-refractivity contribution in [3.05, 3.63) is 24.3 Å². The van der Waals surface area contributed by atoms with E-state index in [1.54, 1.807) is 31.2 Å². The Morgan fingerprint density at radius 2 is 1.95 bits per heavy atom. The number of fused-ring (bicyclic) bond motifs is 1. The fraction of sp³-hybridized carbons (Fsp3) is 0.385. The summed E-state index contributed by atoms with van der Waals surface area (Å²) in [6.07, 6.45) is 0. The molecule has 0 fully saturated rings. The van der Waals surface area contributed by atoms with Gasteiger partial charge >= 0.3 is 16.4 Å². The molecule has 0 saturated heterocycles. The Kier molecular flexibility index (Phi) is 6.47. The lowest BCUT2D eigenvalue weighted by molar-refractivity contribution is -0.151. The molecule has 1 aromatic carbocycles. The zero-order valence-electron chi connectivity index (χ0n) is 11.3. The number of rotatable bonds is 2. The number of carbonyl (C=O) groups excluding carboxylic acids is 1. The van der Waals surface area contributed by atoms with Gasteiger partial charge in [-0.15, -0.1) is 0 Å². The van der Waals surface area contributed by atoms with E-state index in [1.807, 2.05) is 0 Å². The van der Waals surface area contributed by atoms with Crippen molar-refractivity contribution < 1.29 is 28.9 Å². The first kappa shape index (κ1) is 17.8. The van der Waals surface area contributed by atoms with Gasteiger partial charge in [-0.05, 0) is 50.9 Å². The summed E-state index contributed by atoms with van der Waals surface area (Å²) in [5, 5.41) is 8.22. The summed E-state index contributed by atoms with van der Waals surface area (Å²) >= 11 is 6.11. The minimum atomic E-state index is -1.60. The minimum Gasteiger partial charge on any atom is -0.477 e. The van der Waals surface area contributed by atoms with E-state index in [0.29, 0.717) is 18.1 Å². The van der Waals surface area contributed by atoms with Gasteiger partial charge in [0.2, 0.25) is 5.01 Å². The van der Waals surface area contributed by atoms with Crippen LogP contribution in [0.1, 0.15) is 13.8 Å². The molecule has 1 aromatic rings. The van der Waals surface area contributed by atoms with Gasteiger partial charge in [0.15, 0.2) is 11.5 Å². The molecule has 2 atom stereocenters. The predicted molar refractivity (Wildman–Crippen MR) is 82.0 cm³/mol. The monoisotopic (exact) mass is 424 g/mol. The number of benzene rings is 1. The molecule has 2 rings (SSSR count). The summed E-state index contributed by atoms with van der Waals surface area (Å²) in [6, 6.07) is 6.88. The van der Waals surface area contributed by atoms with Gasteiger partial charge in [0.1, 0.15) is 0 Å². The number of halogens is 2. The Hall–Kier alpha value is -1.28. The Bertz CT molecular complexity index is 521. The van der Waals surface area contributed by atoms with Gasteiger partial charge in [-0.25, -0.2) is 4.79 Å². The van der Waals surface area contributed by atoms with Crippen LogP contribution >= 0.6 is 31.9 Å². The second kappa shape index (κ2) is 7.65. The van der Waals surface area contributed by atoms with Crippen molar-refractivity contribution in [1.82, 2.24) is 0 Å². The van der Waals surface area contributed by atoms with Crippen LogP contribution in [-0.4, -0.2) is 33.2 Å². The van der Waals surface area contributed by atoms with Gasteiger partial charge in [0, 0.05) is 6.92 Å². The van der Waals surface area contributed by atoms with Gasteiger partial charge < -0.3 is 19.3 Å². The van der Waals surface area contributed by atoms with E-state index in [0.717, 1.165) is 0 Å². The number of carbonyl (C=O) groups is 2. The van der Waals surface area contributed by atoms with E-state index < -0.39 is 15.5 Å². The molecule has 1 aliphatic rings. The summed E-state index contributed by atoms with van der Waals surface area (Å²) in [5.74, 6) is -0.459. The molecular weight excluding hydrogens is 412 g/mol. The third kappa shape index (κ3) is 4.60. The van der Waals surface area contributed by atoms with Crippen molar-refractivity contribution >= 4 is 43.8 Å². The number of hydrogen-bond donors (Lipinski definition) is 1. The molecule has 0 spiro atoms. The molecule has 0 saturated carbocycles. The minimum absolute atomic E-state index is 0.211. The topological polar surface area (TPSA) is 82.1 Å². The summed E-state index contributed by atoms with van der Waals surface area (Å²) in [7, 11) is 0. The maximum absolute atomic E-state index is 11.0. The third-order valence-electron chi connectivity index (χ3n) is 2.27. The number of para-hydroxylation sites is 2. The average Bonchev–Trinajstić information content (AvgIpc) is 2.40. The molecule has 1 aliphatic heterocycles. The van der Waals surface area contributed by atoms with Crippen LogP contribution in [0.2, 0.25) is 0 Å². The zero-order valence-corrected chi connectivity index (χ0v) is 14.5. The first-order valence-electron chi connectivity index (χ1n) is 5.95. The first-order valence-corrected chi connectivity index (χ1v) is 7.66. The molecular formula is C13H14Br2O6. The molecule has 1 N–H and O–H groups in total. The highest BCUT2D eigenvalue weighted by Crippen LogP contribution is 2.43. The molecule has 0 radical (unpaired) electrons. The molecule has 0 aromatic heterocycles. The van der Waals surface area contributed by atoms with E-state index in [9.17, 15) is 9.59 Å².